The Bertz CT molecular complexity index is 519. The van der Waals surface area contributed by atoms with Crippen LogP contribution in [0.1, 0.15) is 16.1 Å². The van der Waals surface area contributed by atoms with Gasteiger partial charge in [0, 0.05) is 5.69 Å². The first-order valence-electron chi connectivity index (χ1n) is 4.75. The largest absolute Gasteiger partial charge is 0.431 e. The van der Waals surface area contributed by atoms with Gasteiger partial charge in [-0.3, -0.25) is 4.79 Å². The number of nitrogens with two attached hydrogens (primary N) is 1. The lowest BCUT2D eigenvalue weighted by Gasteiger charge is -2.05. The molecule has 82 valence electrons. The van der Waals surface area contributed by atoms with E-state index in [9.17, 15) is 4.79 Å². The molecule has 0 saturated heterocycles. The number of carbonyl (C=O) groups is 1. The maximum Gasteiger partial charge on any atom is 0.292 e. The Hall–Kier alpha value is -2.30. The van der Waals surface area contributed by atoms with Gasteiger partial charge in [0.1, 0.15) is 6.26 Å². The van der Waals surface area contributed by atoms with Crippen molar-refractivity contribution in [3.8, 4) is 0 Å². The van der Waals surface area contributed by atoms with Gasteiger partial charge in [-0.15, -0.1) is 0 Å². The summed E-state index contributed by atoms with van der Waals surface area (Å²) in [5, 5.41) is 2.72. The van der Waals surface area contributed by atoms with Gasteiger partial charge in [0.2, 0.25) is 0 Å². The number of nitrogens with one attached hydrogen (secondary N) is 1. The van der Waals surface area contributed by atoms with E-state index in [1.165, 1.54) is 6.26 Å². The fraction of sp³-hybridized carbons (Fsp3) is 0.0909. The number of carbonyl (C=O) groups excluding carboxylic acids is 1. The number of rotatable bonds is 2. The van der Waals surface area contributed by atoms with Gasteiger partial charge < -0.3 is 15.5 Å². The topological polar surface area (TPSA) is 81.2 Å². The summed E-state index contributed by atoms with van der Waals surface area (Å²) in [6.45, 7) is 1.91. The number of amides is 1. The highest BCUT2D eigenvalue weighted by Gasteiger charge is 2.11. The van der Waals surface area contributed by atoms with Crippen molar-refractivity contribution in [2.75, 3.05) is 11.1 Å². The van der Waals surface area contributed by atoms with E-state index in [4.69, 9.17) is 10.2 Å². The van der Waals surface area contributed by atoms with E-state index in [1.807, 2.05) is 31.2 Å². The van der Waals surface area contributed by atoms with Crippen LogP contribution in [0.4, 0.5) is 11.7 Å². The van der Waals surface area contributed by atoms with E-state index in [-0.39, 0.29) is 17.6 Å². The second-order valence-corrected chi connectivity index (χ2v) is 3.34. The lowest BCUT2D eigenvalue weighted by atomic mass is 10.2. The predicted octanol–water partition coefficient (Wildman–Crippen LogP) is 1.82. The zero-order chi connectivity index (χ0) is 11.5. The summed E-state index contributed by atoms with van der Waals surface area (Å²) in [5.74, 6) is -0.338. The first kappa shape index (κ1) is 10.2. The van der Waals surface area contributed by atoms with Gasteiger partial charge >= 0.3 is 0 Å². The molecule has 2 rings (SSSR count). The molecule has 1 aromatic heterocycles. The Balaban J connectivity index is 2.17. The highest BCUT2D eigenvalue weighted by atomic mass is 16.4. The van der Waals surface area contributed by atoms with Crippen LogP contribution in [-0.2, 0) is 0 Å². The van der Waals surface area contributed by atoms with Gasteiger partial charge in [0.25, 0.3) is 11.9 Å². The van der Waals surface area contributed by atoms with Crippen LogP contribution in [0.2, 0.25) is 0 Å². The summed E-state index contributed by atoms with van der Waals surface area (Å²) in [7, 11) is 0. The molecule has 0 atom stereocenters. The Kier molecular flexibility index (Phi) is 2.59. The fourth-order valence-electron chi connectivity index (χ4n) is 1.29. The first-order chi connectivity index (χ1) is 7.66. The molecule has 0 spiro atoms. The van der Waals surface area contributed by atoms with Crippen LogP contribution >= 0.6 is 0 Å². The van der Waals surface area contributed by atoms with E-state index in [0.717, 1.165) is 11.3 Å². The number of hydrogen-bond acceptors (Lipinski definition) is 4. The minimum absolute atomic E-state index is 0.0186. The van der Waals surface area contributed by atoms with Gasteiger partial charge in [0.15, 0.2) is 5.69 Å². The predicted molar refractivity (Wildman–Crippen MR) is 60.0 cm³/mol. The number of oxazole rings is 1. The molecule has 0 bridgehead atoms. The van der Waals surface area contributed by atoms with Crippen LogP contribution in [0.5, 0.6) is 0 Å². The van der Waals surface area contributed by atoms with Gasteiger partial charge in [-0.25, -0.2) is 0 Å². The Labute approximate surface area is 92.3 Å². The third kappa shape index (κ3) is 2.03. The molecule has 0 radical (unpaired) electrons. The van der Waals surface area contributed by atoms with Gasteiger partial charge in [-0.1, -0.05) is 18.2 Å². The van der Waals surface area contributed by atoms with Crippen LogP contribution in [0.3, 0.4) is 0 Å². The summed E-state index contributed by atoms with van der Waals surface area (Å²) < 4.78 is 4.76. The van der Waals surface area contributed by atoms with E-state index >= 15 is 0 Å². The fourth-order valence-corrected chi connectivity index (χ4v) is 1.29. The maximum atomic E-state index is 11.7. The molecule has 0 fully saturated rings. The van der Waals surface area contributed by atoms with E-state index < -0.39 is 0 Å². The number of aromatic nitrogens is 1. The minimum Gasteiger partial charge on any atom is -0.431 e. The van der Waals surface area contributed by atoms with Crippen molar-refractivity contribution in [2.24, 2.45) is 0 Å². The third-order valence-corrected chi connectivity index (χ3v) is 2.15. The molecule has 1 heterocycles. The van der Waals surface area contributed by atoms with Gasteiger partial charge in [-0.2, -0.15) is 4.98 Å². The smallest absolute Gasteiger partial charge is 0.292 e. The number of anilines is 2. The van der Waals surface area contributed by atoms with Crippen molar-refractivity contribution < 1.29 is 9.21 Å². The van der Waals surface area contributed by atoms with E-state index in [2.05, 4.69) is 10.3 Å². The SMILES string of the molecule is Cc1ccccc1NC(=O)c1coc(N)n1. The Morgan fingerprint density at radius 1 is 1.44 bits per heavy atom. The van der Waals surface area contributed by atoms with Crippen LogP contribution in [0.15, 0.2) is 34.9 Å². The molecule has 0 aliphatic carbocycles. The second-order valence-electron chi connectivity index (χ2n) is 3.34. The lowest BCUT2D eigenvalue weighted by Crippen LogP contribution is -2.13. The van der Waals surface area contributed by atoms with Crippen molar-refractivity contribution in [3.63, 3.8) is 0 Å². The van der Waals surface area contributed by atoms with Crippen LogP contribution in [0.25, 0.3) is 0 Å². The first-order valence-corrected chi connectivity index (χ1v) is 4.75. The molecule has 0 aliphatic rings. The average Bonchev–Trinajstić information content (AvgIpc) is 2.68. The van der Waals surface area contributed by atoms with Gasteiger partial charge in [0.05, 0.1) is 0 Å². The highest BCUT2D eigenvalue weighted by molar-refractivity contribution is 6.03. The monoisotopic (exact) mass is 217 g/mol. The molecule has 3 N–H and O–H groups in total. The van der Waals surface area contributed by atoms with Crippen LogP contribution in [-0.4, -0.2) is 10.9 Å². The number of nitrogens with zero attached hydrogens (tertiary/aromatic N) is 1. The van der Waals surface area contributed by atoms with Crippen molar-refractivity contribution >= 4 is 17.6 Å². The van der Waals surface area contributed by atoms with Crippen LogP contribution < -0.4 is 11.1 Å². The number of para-hydroxylation sites is 1. The normalized spacial score (nSPS) is 10.1. The summed E-state index contributed by atoms with van der Waals surface area (Å²) in [4.78, 5) is 15.4. The molecule has 0 unspecified atom stereocenters. The van der Waals surface area contributed by atoms with Crippen molar-refractivity contribution in [3.05, 3.63) is 41.8 Å². The number of aryl methyl sites for hydroxylation is 1. The van der Waals surface area contributed by atoms with Gasteiger partial charge in [-0.05, 0) is 18.6 Å². The molecule has 5 nitrogen and oxygen atoms in total. The average molecular weight is 217 g/mol. The molecule has 1 amide bonds. The number of hydrogen-bond donors (Lipinski definition) is 2. The summed E-state index contributed by atoms with van der Waals surface area (Å²) >= 11 is 0. The number of benzene rings is 1. The summed E-state index contributed by atoms with van der Waals surface area (Å²) in [6.07, 6.45) is 1.23. The molecule has 0 aliphatic heterocycles. The number of nitrogen functional groups attached to an aromatic ring is 1. The molecule has 5 heteroatoms. The van der Waals surface area contributed by atoms with Crippen molar-refractivity contribution in [1.82, 2.24) is 4.98 Å². The molecule has 2 aromatic rings. The molecular formula is C11H11N3O2. The molecule has 1 aromatic carbocycles. The standard InChI is InChI=1S/C11H11N3O2/c1-7-4-2-3-5-8(7)13-10(15)9-6-16-11(12)14-9/h2-6H,1H3,(H2,12,14)(H,13,15). The van der Waals surface area contributed by atoms with Crippen molar-refractivity contribution in [1.29, 1.82) is 0 Å². The zero-order valence-corrected chi connectivity index (χ0v) is 8.73. The zero-order valence-electron chi connectivity index (χ0n) is 8.73. The Morgan fingerprint density at radius 2 is 2.19 bits per heavy atom. The van der Waals surface area contributed by atoms with Crippen LogP contribution in [0, 0.1) is 6.92 Å². The third-order valence-electron chi connectivity index (χ3n) is 2.15. The molecule has 16 heavy (non-hydrogen) atoms. The lowest BCUT2D eigenvalue weighted by molar-refractivity contribution is 0.102. The van der Waals surface area contributed by atoms with E-state index in [0.29, 0.717) is 0 Å². The molecular weight excluding hydrogens is 206 g/mol. The maximum absolute atomic E-state index is 11.7. The molecule has 0 saturated carbocycles. The van der Waals surface area contributed by atoms with Crippen molar-refractivity contribution in [2.45, 2.75) is 6.92 Å². The quantitative estimate of drug-likeness (QED) is 0.803. The second kappa shape index (κ2) is 4.06. The summed E-state index contributed by atoms with van der Waals surface area (Å²) in [5.41, 5.74) is 7.17. The Morgan fingerprint density at radius 3 is 2.81 bits per heavy atom. The highest BCUT2D eigenvalue weighted by Crippen LogP contribution is 2.14. The van der Waals surface area contributed by atoms with E-state index in [1.54, 1.807) is 0 Å². The minimum atomic E-state index is -0.338. The summed E-state index contributed by atoms with van der Waals surface area (Å²) in [6, 6.07) is 7.46.